The Morgan fingerprint density at radius 1 is 1.22 bits per heavy atom. The minimum atomic E-state index is -4.01. The normalized spacial score (nSPS) is 17.8. The first kappa shape index (κ1) is 18.0. The molecule has 2 atom stereocenters. The minimum Gasteiger partial charge on any atom is -0.396 e. The third-order valence-corrected chi connectivity index (χ3v) is 3.63. The van der Waals surface area contributed by atoms with Crippen LogP contribution in [0.5, 0.6) is 0 Å². The summed E-state index contributed by atoms with van der Waals surface area (Å²) in [5.74, 6) is 0.0220. The van der Waals surface area contributed by atoms with Gasteiger partial charge >= 0.3 is 7.82 Å². The van der Waals surface area contributed by atoms with Gasteiger partial charge in [-0.2, -0.15) is 0 Å². The predicted octanol–water partition coefficient (Wildman–Crippen LogP) is 1.09. The number of hydrogen-bond donors (Lipinski definition) is 2. The number of hydrogen-bond acceptors (Lipinski definition) is 4. The van der Waals surface area contributed by atoms with Gasteiger partial charge < -0.3 is 14.5 Å². The zero-order chi connectivity index (χ0) is 14.4. The van der Waals surface area contributed by atoms with Gasteiger partial charge in [-0.1, -0.05) is 13.8 Å². The van der Waals surface area contributed by atoms with Crippen LogP contribution in [0.1, 0.15) is 13.8 Å². The second-order valence-electron chi connectivity index (χ2n) is 5.80. The lowest BCUT2D eigenvalue weighted by atomic mass is 9.98. The first-order valence-electron chi connectivity index (χ1n) is 6.10. The highest BCUT2D eigenvalue weighted by Crippen LogP contribution is 2.43. The van der Waals surface area contributed by atoms with Crippen molar-refractivity contribution in [1.82, 2.24) is 0 Å². The van der Waals surface area contributed by atoms with E-state index in [9.17, 15) is 9.46 Å². The number of phosphoric ester groups is 1. The van der Waals surface area contributed by atoms with Crippen molar-refractivity contribution < 1.29 is 28.1 Å². The van der Waals surface area contributed by atoms with E-state index in [4.69, 9.17) is 14.2 Å². The van der Waals surface area contributed by atoms with Gasteiger partial charge in [-0.15, -0.1) is 0 Å². The van der Waals surface area contributed by atoms with E-state index in [0.29, 0.717) is 11.0 Å². The second kappa shape index (κ2) is 7.58. The van der Waals surface area contributed by atoms with E-state index >= 15 is 0 Å². The van der Waals surface area contributed by atoms with Crippen molar-refractivity contribution in [1.29, 1.82) is 0 Å². The van der Waals surface area contributed by atoms with E-state index in [-0.39, 0.29) is 31.7 Å². The molecule has 0 spiro atoms. The molecule has 6 nitrogen and oxygen atoms in total. The molecular weight excluding hydrogens is 257 g/mol. The van der Waals surface area contributed by atoms with Gasteiger partial charge in [0.1, 0.15) is 13.2 Å². The Kier molecular flexibility index (Phi) is 7.59. The summed E-state index contributed by atoms with van der Waals surface area (Å²) in [6.07, 6.45) is 0. The van der Waals surface area contributed by atoms with Gasteiger partial charge in [0.25, 0.3) is 0 Å². The molecule has 0 heterocycles. The van der Waals surface area contributed by atoms with Crippen molar-refractivity contribution in [3.05, 3.63) is 0 Å². The van der Waals surface area contributed by atoms with Crippen LogP contribution in [0.2, 0.25) is 0 Å². The van der Waals surface area contributed by atoms with Crippen LogP contribution in [-0.4, -0.2) is 62.0 Å². The molecule has 0 amide bonds. The summed E-state index contributed by atoms with van der Waals surface area (Å²) in [6, 6.07) is 0. The van der Waals surface area contributed by atoms with Crippen LogP contribution < -0.4 is 0 Å². The number of rotatable bonds is 9. The van der Waals surface area contributed by atoms with Crippen molar-refractivity contribution in [2.75, 3.05) is 47.5 Å². The highest BCUT2D eigenvalue weighted by molar-refractivity contribution is 7.47. The lowest BCUT2D eigenvalue weighted by Crippen LogP contribution is -2.37. The van der Waals surface area contributed by atoms with E-state index in [2.05, 4.69) is 0 Å². The van der Waals surface area contributed by atoms with Crippen molar-refractivity contribution in [3.8, 4) is 0 Å². The van der Waals surface area contributed by atoms with Gasteiger partial charge in [0.2, 0.25) is 0 Å². The van der Waals surface area contributed by atoms with Crippen LogP contribution in [-0.2, 0) is 13.6 Å². The van der Waals surface area contributed by atoms with Gasteiger partial charge in [0.05, 0.1) is 27.7 Å². The zero-order valence-electron chi connectivity index (χ0n) is 12.0. The lowest BCUT2D eigenvalue weighted by Gasteiger charge is -2.24. The molecule has 0 aliphatic rings. The summed E-state index contributed by atoms with van der Waals surface area (Å²) in [5, 5.41) is 9.08. The molecule has 0 aromatic carbocycles. The number of likely N-dealkylation sites (N-methyl/N-ethyl adjacent to an activating group) is 1. The first-order chi connectivity index (χ1) is 8.07. The summed E-state index contributed by atoms with van der Waals surface area (Å²) >= 11 is 0. The average Bonchev–Trinajstić information content (AvgIpc) is 2.15. The van der Waals surface area contributed by atoms with Crippen LogP contribution in [0, 0.1) is 11.8 Å². The molecule has 18 heavy (non-hydrogen) atoms. The molecule has 0 aromatic rings. The number of phosphoric acid groups is 1. The molecule has 0 aliphatic heterocycles. The summed E-state index contributed by atoms with van der Waals surface area (Å²) < 4.78 is 22.0. The van der Waals surface area contributed by atoms with E-state index in [0.717, 1.165) is 0 Å². The summed E-state index contributed by atoms with van der Waals surface area (Å²) in [5.41, 5.74) is 0. The Bertz CT molecular complexity index is 277. The molecule has 0 aromatic heterocycles. The Balaban J connectivity index is 4.04. The molecule has 1 unspecified atom stereocenters. The van der Waals surface area contributed by atoms with Crippen LogP contribution >= 0.6 is 7.82 Å². The average molecular weight is 284 g/mol. The molecule has 0 fully saturated rings. The smallest absolute Gasteiger partial charge is 0.396 e. The van der Waals surface area contributed by atoms with Crippen LogP contribution in [0.3, 0.4) is 0 Å². The van der Waals surface area contributed by atoms with Crippen molar-refractivity contribution in [3.63, 3.8) is 0 Å². The van der Waals surface area contributed by atoms with E-state index in [1.165, 1.54) is 0 Å². The highest BCUT2D eigenvalue weighted by Gasteiger charge is 2.25. The van der Waals surface area contributed by atoms with Crippen LogP contribution in [0.25, 0.3) is 0 Å². The fourth-order valence-electron chi connectivity index (χ4n) is 1.11. The maximum absolute atomic E-state index is 11.6. The van der Waals surface area contributed by atoms with E-state index < -0.39 is 7.82 Å². The molecule has 0 aliphatic carbocycles. The van der Waals surface area contributed by atoms with Crippen LogP contribution in [0.4, 0.5) is 0 Å². The van der Waals surface area contributed by atoms with E-state index in [1.54, 1.807) is 0 Å². The molecule has 0 rings (SSSR count). The number of aliphatic hydroxyl groups is 1. The third kappa shape index (κ3) is 9.03. The minimum absolute atomic E-state index is 0.0202. The Morgan fingerprint density at radius 3 is 2.17 bits per heavy atom. The number of quaternary nitrogens is 1. The molecule has 110 valence electrons. The maximum Gasteiger partial charge on any atom is 0.472 e. The monoisotopic (exact) mass is 284 g/mol. The highest BCUT2D eigenvalue weighted by atomic mass is 31.2. The van der Waals surface area contributed by atoms with Gasteiger partial charge in [-0.05, 0) is 5.92 Å². The van der Waals surface area contributed by atoms with Gasteiger partial charge in [0.15, 0.2) is 0 Å². The van der Waals surface area contributed by atoms with Crippen molar-refractivity contribution >= 4 is 7.82 Å². The first-order valence-corrected chi connectivity index (χ1v) is 7.60. The second-order valence-corrected chi connectivity index (χ2v) is 7.25. The summed E-state index contributed by atoms with van der Waals surface area (Å²) in [6.45, 7) is 4.56. The quantitative estimate of drug-likeness (QED) is 0.489. The van der Waals surface area contributed by atoms with E-state index in [1.807, 2.05) is 35.0 Å². The lowest BCUT2D eigenvalue weighted by molar-refractivity contribution is -0.870. The fourth-order valence-corrected chi connectivity index (χ4v) is 1.88. The zero-order valence-corrected chi connectivity index (χ0v) is 12.9. The van der Waals surface area contributed by atoms with Gasteiger partial charge in [0, 0.05) is 12.5 Å². The largest absolute Gasteiger partial charge is 0.472 e. The molecule has 0 radical (unpaired) electrons. The van der Waals surface area contributed by atoms with Crippen molar-refractivity contribution in [2.45, 2.75) is 13.8 Å². The molecule has 7 heteroatoms. The van der Waals surface area contributed by atoms with Crippen LogP contribution in [0.15, 0.2) is 0 Å². The third-order valence-electron chi connectivity index (χ3n) is 2.65. The SMILES string of the molecule is CC(C)[C@@H](CO)COP(=O)(O)OCC[N+](C)(C)C. The number of aliphatic hydroxyl groups excluding tert-OH is 1. The Hall–Kier alpha value is 0.0300. The van der Waals surface area contributed by atoms with Gasteiger partial charge in [-0.3, -0.25) is 9.05 Å². The van der Waals surface area contributed by atoms with Crippen molar-refractivity contribution in [2.24, 2.45) is 11.8 Å². The number of nitrogens with zero attached hydrogens (tertiary/aromatic N) is 1. The molecular formula is C11H27NO5P+. The summed E-state index contributed by atoms with van der Waals surface area (Å²) in [7, 11) is 1.89. The summed E-state index contributed by atoms with van der Waals surface area (Å²) in [4.78, 5) is 9.46. The maximum atomic E-state index is 11.6. The van der Waals surface area contributed by atoms with Gasteiger partial charge in [-0.25, -0.2) is 4.57 Å². The molecule has 2 N–H and O–H groups in total. The Morgan fingerprint density at radius 2 is 1.78 bits per heavy atom. The standard InChI is InChI=1S/C11H26NO5P/c1-10(2)11(8-13)9-17-18(14,15)16-7-6-12(3,4)5/h10-11,13H,6-9H2,1-5H3/p+1/t11-/m0/s1. The molecule has 0 saturated carbocycles. The Labute approximate surface area is 110 Å². The fraction of sp³-hybridized carbons (Fsp3) is 1.00. The topological polar surface area (TPSA) is 76.0 Å². The molecule has 0 saturated heterocycles. The molecule has 0 bridgehead atoms. The predicted molar refractivity (Wildman–Crippen MR) is 70.0 cm³/mol.